The van der Waals surface area contributed by atoms with E-state index in [4.69, 9.17) is 55.4 Å². The van der Waals surface area contributed by atoms with Crippen LogP contribution in [0.4, 0.5) is 0 Å². The van der Waals surface area contributed by atoms with E-state index in [0.29, 0.717) is 0 Å². The van der Waals surface area contributed by atoms with Gasteiger partial charge in [0.2, 0.25) is 6.93 Å². The van der Waals surface area contributed by atoms with E-state index in [0.717, 1.165) is 19.5 Å². The monoisotopic (exact) mass is 294 g/mol. The van der Waals surface area contributed by atoms with Crippen molar-refractivity contribution in [2.45, 2.75) is 0 Å². The third kappa shape index (κ3) is 133. The molecule has 0 rings (SSSR count). The molecule has 0 amide bonds. The first kappa shape index (κ1) is 13.9. The lowest BCUT2D eigenvalue weighted by Gasteiger charge is -1.90. The Morgan fingerprint density at radius 2 is 1.11 bits per heavy atom. The fourth-order valence-electron chi connectivity index (χ4n) is 0. The van der Waals surface area contributed by atoms with Gasteiger partial charge in [-0.1, -0.05) is 0 Å². The Morgan fingerprint density at radius 3 is 1.11 bits per heavy atom. The number of rotatable bonds is 0. The van der Waals surface area contributed by atoms with Crippen molar-refractivity contribution in [3.05, 3.63) is 0 Å². The smallest absolute Gasteiger partial charge is 0.155 e. The topological polar surface area (TPSA) is 0 Å². The van der Waals surface area contributed by atoms with Crippen molar-refractivity contribution in [3.8, 4) is 0 Å². The van der Waals surface area contributed by atoms with E-state index in [1.165, 1.54) is 0 Å². The van der Waals surface area contributed by atoms with E-state index in [1.807, 2.05) is 0 Å². The van der Waals surface area contributed by atoms with Crippen molar-refractivity contribution >= 4 is 87.4 Å². The molecule has 0 aliphatic carbocycles. The zero-order valence-electron chi connectivity index (χ0n) is 4.97. The van der Waals surface area contributed by atoms with Gasteiger partial charge in [0.05, 0.1) is 9.76 Å². The fourth-order valence-corrected chi connectivity index (χ4v) is 0. The maximum Gasteiger partial charge on any atom is 0.313 e. The van der Waals surface area contributed by atoms with Crippen LogP contribution in [0.2, 0.25) is 0 Å². The summed E-state index contributed by atoms with van der Waals surface area (Å²) < 4.78 is 0. The minimum absolute atomic E-state index is 0.743. The Kier molecular flexibility index (Phi) is 10.8. The molecule has 0 N–H and O–H groups in total. The van der Waals surface area contributed by atoms with Gasteiger partial charge in [-0.3, -0.25) is 0 Å². The van der Waals surface area contributed by atoms with Crippen LogP contribution in [0.25, 0.3) is 0 Å². The summed E-state index contributed by atoms with van der Waals surface area (Å²) in [4.78, 5) is 0. The molecule has 0 aromatic heterocycles. The molecule has 0 aromatic carbocycles. The third-order valence-corrected chi connectivity index (χ3v) is 0. The molecular formula is H7Cl5Si4. The second-order valence-electron chi connectivity index (χ2n) is 1.30. The fraction of sp³-hybridized carbons (Fsp3) is 0. The maximum atomic E-state index is 5.26. The first-order valence-electron chi connectivity index (χ1n) is 2.08. The van der Waals surface area contributed by atoms with Gasteiger partial charge >= 0.3 is 5.52 Å². The quantitative estimate of drug-likeness (QED) is 0.438. The normalized spacial score (nSPS) is 11.3. The Bertz CT molecular complexity index is 45.7. The highest BCUT2D eigenvalue weighted by Crippen LogP contribution is 2.12. The molecule has 0 fully saturated rings. The van der Waals surface area contributed by atoms with Crippen LogP contribution >= 0.6 is 55.4 Å². The highest BCUT2D eigenvalue weighted by Gasteiger charge is 2.13. The molecule has 0 bridgehead atoms. The molecule has 9 heavy (non-hydrogen) atoms. The average molecular weight is 297 g/mol. The van der Waals surface area contributed by atoms with Crippen LogP contribution in [0, 0.1) is 0 Å². The molecule has 9 heteroatoms. The minimum atomic E-state index is -2.06. The summed E-state index contributed by atoms with van der Waals surface area (Å²) in [5, 5.41) is 0. The molecule has 0 heterocycles. The van der Waals surface area contributed by atoms with Crippen LogP contribution in [0.3, 0.4) is 0 Å². The summed E-state index contributed by atoms with van der Waals surface area (Å²) >= 11 is 26.3. The first-order chi connectivity index (χ1) is 3.73. The van der Waals surface area contributed by atoms with Gasteiger partial charge in [-0.2, -0.15) is 22.2 Å². The van der Waals surface area contributed by atoms with Crippen molar-refractivity contribution in [3.63, 3.8) is 0 Å². The maximum absolute atomic E-state index is 5.26. The van der Waals surface area contributed by atoms with Crippen LogP contribution < -0.4 is 0 Å². The van der Waals surface area contributed by atoms with Crippen LogP contribution in [0.1, 0.15) is 0 Å². The van der Waals surface area contributed by atoms with Gasteiger partial charge in [-0.25, -0.2) is 0 Å². The zero-order valence-corrected chi connectivity index (χ0v) is 14.9. The highest BCUT2D eigenvalue weighted by atomic mass is 35.8. The molecule has 0 radical (unpaired) electrons. The van der Waals surface area contributed by atoms with Gasteiger partial charge < -0.3 is 0 Å². The van der Waals surface area contributed by atoms with Gasteiger partial charge in [-0.05, 0) is 0 Å². The Labute approximate surface area is 86.7 Å². The van der Waals surface area contributed by atoms with Gasteiger partial charge in [0.15, 0.2) is 0 Å². The molecule has 0 saturated carbocycles. The molecule has 58 valence electrons. The van der Waals surface area contributed by atoms with Crippen molar-refractivity contribution in [2.24, 2.45) is 0 Å². The summed E-state index contributed by atoms with van der Waals surface area (Å²) in [5.74, 6) is 0. The lowest BCUT2D eigenvalue weighted by Crippen LogP contribution is -2.06. The first-order valence-corrected chi connectivity index (χ1v) is 18.7. The Hall–Kier alpha value is 2.32. The van der Waals surface area contributed by atoms with Gasteiger partial charge in [0.1, 0.15) is 0 Å². The predicted octanol–water partition coefficient (Wildman–Crippen LogP) is 0.0504. The molecular weight excluding hydrogens is 290 g/mol. The SMILES string of the molecule is [SiH3][SiH](Cl)Cl.[SiH3][Si](Cl)(Cl)Cl. The lowest BCUT2D eigenvalue weighted by molar-refractivity contribution is 3.79. The third-order valence-electron chi connectivity index (χ3n) is 0. The summed E-state index contributed by atoms with van der Waals surface area (Å²) in [6.45, 7) is -1.06. The number of hydrogen-bond acceptors (Lipinski definition) is 0. The molecule has 0 spiro atoms. The molecule has 0 aromatic rings. The number of hydrogen-bond donors (Lipinski definition) is 0. The van der Waals surface area contributed by atoms with E-state index >= 15 is 0 Å². The molecule has 0 atom stereocenters. The van der Waals surface area contributed by atoms with E-state index in [9.17, 15) is 0 Å². The van der Waals surface area contributed by atoms with Gasteiger partial charge in [-0.15, -0.1) is 33.2 Å². The zero-order chi connectivity index (χ0) is 8.08. The van der Waals surface area contributed by atoms with Crippen molar-refractivity contribution in [1.82, 2.24) is 0 Å². The molecule has 0 aliphatic heterocycles. The lowest BCUT2D eigenvalue weighted by atomic mass is 26.9. The average Bonchev–Trinajstić information content (AvgIpc) is 1.19. The summed E-state index contributed by atoms with van der Waals surface area (Å²) in [5.41, 5.74) is -2.06. The van der Waals surface area contributed by atoms with E-state index in [2.05, 4.69) is 0 Å². The van der Waals surface area contributed by atoms with Gasteiger partial charge in [0, 0.05) is 9.76 Å². The summed E-state index contributed by atoms with van der Waals surface area (Å²) in [7, 11) is 1.76. The van der Waals surface area contributed by atoms with E-state index in [-0.39, 0.29) is 0 Å². The van der Waals surface area contributed by atoms with Crippen LogP contribution in [-0.4, -0.2) is 32.0 Å². The molecule has 0 saturated heterocycles. The Morgan fingerprint density at radius 1 is 1.11 bits per heavy atom. The van der Waals surface area contributed by atoms with E-state index < -0.39 is 12.5 Å². The largest absolute Gasteiger partial charge is 0.313 e. The van der Waals surface area contributed by atoms with Crippen LogP contribution in [-0.2, 0) is 0 Å². The van der Waals surface area contributed by atoms with Crippen LogP contribution in [0.5, 0.6) is 0 Å². The van der Waals surface area contributed by atoms with Crippen molar-refractivity contribution in [1.29, 1.82) is 0 Å². The van der Waals surface area contributed by atoms with Crippen molar-refractivity contribution in [2.75, 3.05) is 0 Å². The summed E-state index contributed by atoms with van der Waals surface area (Å²) in [6.07, 6.45) is 0. The molecule has 0 aliphatic rings. The second-order valence-corrected chi connectivity index (χ2v) is 35.1. The van der Waals surface area contributed by atoms with Gasteiger partial charge in [0.25, 0.3) is 0 Å². The minimum Gasteiger partial charge on any atom is -0.155 e. The van der Waals surface area contributed by atoms with E-state index in [1.54, 1.807) is 0 Å². The molecule has 0 nitrogen and oxygen atoms in total. The second kappa shape index (κ2) is 6.99. The Balaban J connectivity index is 0. The highest BCUT2D eigenvalue weighted by molar-refractivity contribution is 7.79. The van der Waals surface area contributed by atoms with Crippen molar-refractivity contribution < 1.29 is 0 Å². The van der Waals surface area contributed by atoms with Crippen LogP contribution in [0.15, 0.2) is 0 Å². The molecule has 0 unspecified atom stereocenters. The standard InChI is InChI=1S/Cl3H3Si2.Cl2H4Si2/c1-5(2,3)4;1-4(2)3/h4H3;4H,3H3. The number of halogens is 5. The predicted molar refractivity (Wildman–Crippen MR) is 62.0 cm³/mol. The summed E-state index contributed by atoms with van der Waals surface area (Å²) in [6, 6.07) is 0.